The molecule has 19 nitrogen and oxygen atoms in total. The van der Waals surface area contributed by atoms with E-state index in [9.17, 15) is 43.8 Å². The standard InChI is InChI=1S/C32H56N10O9/c1-17(2)14-19(33)26(45)40-25(18(3)4)30(49)41-12-6-9-22(41)28(47)39-20(8-5-11-36-32(34)35)27(46)37-15-24(44)38-21(16-43)29(48)42-13-7-10-23(42)31(50)51/h17-23,25,43H,5-16,33H2,1-4H3,(H,37,46)(H,38,44)(H,39,47)(H,40,45)(H,50,51)(H4,34,35,36). The number of carboxylic acid groups (broad SMARTS) is 1. The minimum absolute atomic E-state index is 0.0539. The van der Waals surface area contributed by atoms with Gasteiger partial charge >= 0.3 is 5.97 Å². The van der Waals surface area contributed by atoms with E-state index in [4.69, 9.17) is 17.2 Å². The molecule has 0 bridgehead atoms. The van der Waals surface area contributed by atoms with Gasteiger partial charge in [0.1, 0.15) is 30.2 Å². The van der Waals surface area contributed by atoms with Gasteiger partial charge in [0.2, 0.25) is 35.4 Å². The number of amides is 6. The maximum Gasteiger partial charge on any atom is 0.326 e. The van der Waals surface area contributed by atoms with E-state index in [0.717, 1.165) is 4.90 Å². The Hall–Kier alpha value is -4.52. The Kier molecular flexibility index (Phi) is 17.0. The van der Waals surface area contributed by atoms with Crippen LogP contribution in [0.4, 0.5) is 0 Å². The molecule has 2 heterocycles. The summed E-state index contributed by atoms with van der Waals surface area (Å²) in [6.45, 7) is 6.52. The monoisotopic (exact) mass is 724 g/mol. The van der Waals surface area contributed by atoms with Gasteiger partial charge in [-0.05, 0) is 56.8 Å². The summed E-state index contributed by atoms with van der Waals surface area (Å²) >= 11 is 0. The van der Waals surface area contributed by atoms with Crippen molar-refractivity contribution in [1.29, 1.82) is 0 Å². The Morgan fingerprint density at radius 2 is 1.45 bits per heavy atom. The zero-order valence-electron chi connectivity index (χ0n) is 29.9. The van der Waals surface area contributed by atoms with Crippen molar-refractivity contribution in [3.05, 3.63) is 0 Å². The first-order valence-corrected chi connectivity index (χ1v) is 17.4. The van der Waals surface area contributed by atoms with Gasteiger partial charge in [0.05, 0.1) is 19.2 Å². The molecule has 2 rings (SSSR count). The molecule has 0 aromatic heterocycles. The number of nitrogens with two attached hydrogens (primary N) is 3. The van der Waals surface area contributed by atoms with Crippen LogP contribution in [0.1, 0.15) is 72.6 Å². The summed E-state index contributed by atoms with van der Waals surface area (Å²) in [7, 11) is 0. The topological polar surface area (TPSA) is 305 Å². The number of aliphatic imine (C=N–C) groups is 1. The highest BCUT2D eigenvalue weighted by Crippen LogP contribution is 2.22. The van der Waals surface area contributed by atoms with Gasteiger partial charge in [-0.1, -0.05) is 27.7 Å². The minimum atomic E-state index is -1.43. The zero-order chi connectivity index (χ0) is 38.4. The van der Waals surface area contributed by atoms with Crippen molar-refractivity contribution in [2.24, 2.45) is 34.0 Å². The second-order valence-corrected chi connectivity index (χ2v) is 13.7. The van der Waals surface area contributed by atoms with Gasteiger partial charge in [-0.2, -0.15) is 0 Å². The molecule has 12 N–H and O–H groups in total. The van der Waals surface area contributed by atoms with Crippen LogP contribution in [0.2, 0.25) is 0 Å². The van der Waals surface area contributed by atoms with Gasteiger partial charge in [-0.15, -0.1) is 0 Å². The fourth-order valence-electron chi connectivity index (χ4n) is 6.12. The molecule has 2 aliphatic rings. The molecule has 0 aromatic carbocycles. The average Bonchev–Trinajstić information content (AvgIpc) is 3.76. The largest absolute Gasteiger partial charge is 0.480 e. The first-order valence-electron chi connectivity index (χ1n) is 17.4. The number of aliphatic hydroxyl groups is 1. The molecule has 6 atom stereocenters. The molecule has 0 aromatic rings. The fraction of sp³-hybridized carbons (Fsp3) is 0.750. The van der Waals surface area contributed by atoms with Crippen LogP contribution < -0.4 is 38.5 Å². The number of aliphatic carboxylic acids is 1. The molecular formula is C32H56N10O9. The average molecular weight is 725 g/mol. The predicted molar refractivity (Wildman–Crippen MR) is 185 cm³/mol. The lowest BCUT2D eigenvalue weighted by molar-refractivity contribution is -0.149. The Balaban J connectivity index is 2.11. The number of guanidine groups is 1. The molecule has 51 heavy (non-hydrogen) atoms. The number of carbonyl (C=O) groups excluding carboxylic acids is 6. The number of carboxylic acids is 1. The van der Waals surface area contributed by atoms with Crippen LogP contribution in [-0.4, -0.2) is 136 Å². The van der Waals surface area contributed by atoms with E-state index in [0.29, 0.717) is 25.7 Å². The van der Waals surface area contributed by atoms with Crippen LogP contribution in [-0.2, 0) is 33.6 Å². The van der Waals surface area contributed by atoms with Crippen LogP contribution in [0.5, 0.6) is 0 Å². The van der Waals surface area contributed by atoms with Crippen molar-refractivity contribution in [3.8, 4) is 0 Å². The lowest BCUT2D eigenvalue weighted by Gasteiger charge is -2.32. The molecule has 0 radical (unpaired) electrons. The lowest BCUT2D eigenvalue weighted by atomic mass is 9.99. The minimum Gasteiger partial charge on any atom is -0.480 e. The molecule has 0 spiro atoms. The SMILES string of the molecule is CC(C)CC(N)C(=O)NC(C(=O)N1CCCC1C(=O)NC(CCCN=C(N)N)C(=O)NCC(=O)NC(CO)C(=O)N1CCCC1C(=O)O)C(C)C. The van der Waals surface area contributed by atoms with E-state index in [1.807, 2.05) is 13.8 Å². The number of rotatable bonds is 19. The molecule has 2 aliphatic heterocycles. The number of nitrogens with one attached hydrogen (secondary N) is 4. The Bertz CT molecular complexity index is 1290. The third-order valence-electron chi connectivity index (χ3n) is 8.77. The number of hydrogen-bond donors (Lipinski definition) is 9. The Morgan fingerprint density at radius 1 is 0.843 bits per heavy atom. The third-order valence-corrected chi connectivity index (χ3v) is 8.77. The van der Waals surface area contributed by atoms with Gasteiger partial charge < -0.3 is 58.5 Å². The van der Waals surface area contributed by atoms with Crippen molar-refractivity contribution in [1.82, 2.24) is 31.1 Å². The van der Waals surface area contributed by atoms with Gasteiger partial charge in [0.25, 0.3) is 0 Å². The molecule has 0 aliphatic carbocycles. The zero-order valence-corrected chi connectivity index (χ0v) is 29.9. The molecule has 6 amide bonds. The van der Waals surface area contributed by atoms with Crippen LogP contribution in [0, 0.1) is 11.8 Å². The molecular weight excluding hydrogens is 668 g/mol. The molecule has 2 saturated heterocycles. The lowest BCUT2D eigenvalue weighted by Crippen LogP contribution is -2.59. The summed E-state index contributed by atoms with van der Waals surface area (Å²) in [5.41, 5.74) is 16.8. The van der Waals surface area contributed by atoms with Gasteiger partial charge in [-0.3, -0.25) is 33.8 Å². The third kappa shape index (κ3) is 13.0. The Labute approximate surface area is 297 Å². The number of likely N-dealkylation sites (tertiary alicyclic amines) is 2. The second-order valence-electron chi connectivity index (χ2n) is 13.7. The molecule has 6 unspecified atom stereocenters. The maximum atomic E-state index is 13.7. The van der Waals surface area contributed by atoms with E-state index in [-0.39, 0.29) is 56.7 Å². The summed E-state index contributed by atoms with van der Waals surface area (Å²) in [6, 6.07) is -6.35. The molecule has 19 heteroatoms. The smallest absolute Gasteiger partial charge is 0.326 e. The first-order chi connectivity index (χ1) is 24.0. The fourth-order valence-corrected chi connectivity index (χ4v) is 6.12. The van der Waals surface area contributed by atoms with E-state index in [2.05, 4.69) is 26.3 Å². The highest BCUT2D eigenvalue weighted by molar-refractivity contribution is 5.96. The Morgan fingerprint density at radius 3 is 2.00 bits per heavy atom. The molecule has 288 valence electrons. The summed E-state index contributed by atoms with van der Waals surface area (Å²) in [5.74, 6) is -5.37. The number of aliphatic hydroxyl groups excluding tert-OH is 1. The van der Waals surface area contributed by atoms with E-state index in [1.54, 1.807) is 13.8 Å². The summed E-state index contributed by atoms with van der Waals surface area (Å²) in [5, 5.41) is 29.3. The molecule has 0 saturated carbocycles. The molecule has 2 fully saturated rings. The summed E-state index contributed by atoms with van der Waals surface area (Å²) in [6.07, 6.45) is 2.26. The van der Waals surface area contributed by atoms with Crippen LogP contribution >= 0.6 is 0 Å². The van der Waals surface area contributed by atoms with Crippen LogP contribution in [0.3, 0.4) is 0 Å². The van der Waals surface area contributed by atoms with Gasteiger partial charge in [0.15, 0.2) is 5.96 Å². The van der Waals surface area contributed by atoms with Crippen LogP contribution in [0.15, 0.2) is 4.99 Å². The van der Waals surface area contributed by atoms with Crippen molar-refractivity contribution < 1.29 is 43.8 Å². The van der Waals surface area contributed by atoms with E-state index < -0.39 is 90.8 Å². The number of nitrogens with zero attached hydrogens (tertiary/aromatic N) is 3. The number of hydrogen-bond acceptors (Lipinski definition) is 10. The van der Waals surface area contributed by atoms with E-state index >= 15 is 0 Å². The summed E-state index contributed by atoms with van der Waals surface area (Å²) in [4.78, 5) is 96.8. The predicted octanol–water partition coefficient (Wildman–Crippen LogP) is -3.30. The highest BCUT2D eigenvalue weighted by atomic mass is 16.4. The van der Waals surface area contributed by atoms with Crippen molar-refractivity contribution in [3.63, 3.8) is 0 Å². The normalized spacial score (nSPS) is 19.5. The highest BCUT2D eigenvalue weighted by Gasteiger charge is 2.40. The van der Waals surface area contributed by atoms with Crippen molar-refractivity contribution in [2.75, 3.05) is 32.8 Å². The first kappa shape index (κ1) is 42.6. The number of carbonyl (C=O) groups is 7. The van der Waals surface area contributed by atoms with Crippen molar-refractivity contribution in [2.45, 2.75) is 109 Å². The van der Waals surface area contributed by atoms with Crippen LogP contribution in [0.25, 0.3) is 0 Å². The van der Waals surface area contributed by atoms with Gasteiger partial charge in [0, 0.05) is 19.6 Å². The quantitative estimate of drug-likeness (QED) is 0.0360. The van der Waals surface area contributed by atoms with Gasteiger partial charge in [-0.25, -0.2) is 4.79 Å². The maximum absolute atomic E-state index is 13.7. The van der Waals surface area contributed by atoms with Crippen molar-refractivity contribution >= 4 is 47.4 Å². The summed E-state index contributed by atoms with van der Waals surface area (Å²) < 4.78 is 0. The van der Waals surface area contributed by atoms with E-state index in [1.165, 1.54) is 4.90 Å². The second kappa shape index (κ2) is 20.4.